The first-order valence-electron chi connectivity index (χ1n) is 3.26. The summed E-state index contributed by atoms with van der Waals surface area (Å²) in [7, 11) is 0. The van der Waals surface area contributed by atoms with Crippen LogP contribution in [0.4, 0.5) is 0 Å². The molecule has 0 aromatic heterocycles. The van der Waals surface area contributed by atoms with E-state index in [2.05, 4.69) is 6.58 Å². The molecule has 1 heterocycles. The molecule has 1 aliphatic rings. The zero-order chi connectivity index (χ0) is 6.69. The largest absolute Gasteiger partial charge is 0.624 e. The molecule has 0 unspecified atom stereocenters. The summed E-state index contributed by atoms with van der Waals surface area (Å²) in [5.41, 5.74) is 0. The summed E-state index contributed by atoms with van der Waals surface area (Å²) >= 11 is 0. The molecular weight excluding hydrogens is 114 g/mol. The molecule has 0 N–H and O–H groups in total. The smallest absolute Gasteiger partial charge is 0.181 e. The lowest BCUT2D eigenvalue weighted by molar-refractivity contribution is -0.489. The van der Waals surface area contributed by atoms with Gasteiger partial charge in [0.05, 0.1) is 0 Å². The van der Waals surface area contributed by atoms with E-state index in [4.69, 9.17) is 0 Å². The van der Waals surface area contributed by atoms with E-state index in [1.54, 1.807) is 12.3 Å². The number of hydroxylamine groups is 1. The average molecular weight is 125 g/mol. The minimum absolute atomic E-state index is 0.0405. The topological polar surface area (TPSA) is 26.1 Å². The van der Waals surface area contributed by atoms with Crippen LogP contribution in [0.2, 0.25) is 0 Å². The van der Waals surface area contributed by atoms with Crippen molar-refractivity contribution in [1.29, 1.82) is 0 Å². The summed E-state index contributed by atoms with van der Waals surface area (Å²) in [6, 6.07) is 0.0405. The molecular formula is C7H11NO. The van der Waals surface area contributed by atoms with E-state index < -0.39 is 0 Å². The number of rotatable bonds is 1. The van der Waals surface area contributed by atoms with Gasteiger partial charge >= 0.3 is 0 Å². The second kappa shape index (κ2) is 2.67. The summed E-state index contributed by atoms with van der Waals surface area (Å²) in [5, 5.41) is 10.8. The molecule has 0 saturated heterocycles. The van der Waals surface area contributed by atoms with E-state index in [0.29, 0.717) is 0 Å². The van der Waals surface area contributed by atoms with E-state index in [1.165, 1.54) is 0 Å². The molecule has 0 amide bonds. The molecule has 0 spiro atoms. The van der Waals surface area contributed by atoms with Crippen molar-refractivity contribution in [2.24, 2.45) is 0 Å². The summed E-state index contributed by atoms with van der Waals surface area (Å²) in [5.74, 6) is 0. The minimum Gasteiger partial charge on any atom is -0.624 e. The Labute approximate surface area is 55.1 Å². The highest BCUT2D eigenvalue weighted by Gasteiger charge is 2.14. The van der Waals surface area contributed by atoms with Gasteiger partial charge < -0.3 is 5.21 Å². The number of hydrogen-bond acceptors (Lipinski definition) is 1. The van der Waals surface area contributed by atoms with Crippen LogP contribution in [0.3, 0.4) is 0 Å². The Bertz CT molecular complexity index is 140. The zero-order valence-electron chi connectivity index (χ0n) is 5.42. The van der Waals surface area contributed by atoms with Crippen LogP contribution < -0.4 is 0 Å². The molecule has 9 heavy (non-hydrogen) atoms. The standard InChI is InChI=1S/C7H11NO/c1-2-7-5-3-4-6-8(7)9/h2,6-7H,1,3-5H2/t7-/m0/s1. The third-order valence-corrected chi connectivity index (χ3v) is 1.61. The van der Waals surface area contributed by atoms with E-state index in [9.17, 15) is 5.21 Å². The van der Waals surface area contributed by atoms with Crippen LogP contribution in [0.5, 0.6) is 0 Å². The Morgan fingerprint density at radius 1 is 1.78 bits per heavy atom. The van der Waals surface area contributed by atoms with Crippen molar-refractivity contribution in [1.82, 2.24) is 0 Å². The Morgan fingerprint density at radius 2 is 2.56 bits per heavy atom. The van der Waals surface area contributed by atoms with Gasteiger partial charge in [-0.2, -0.15) is 0 Å². The van der Waals surface area contributed by atoms with Crippen LogP contribution in [0.25, 0.3) is 0 Å². The molecule has 0 saturated carbocycles. The predicted molar refractivity (Wildman–Crippen MR) is 37.5 cm³/mol. The predicted octanol–water partition coefficient (Wildman–Crippen LogP) is 1.31. The molecule has 2 nitrogen and oxygen atoms in total. The van der Waals surface area contributed by atoms with Crippen LogP contribution in [-0.2, 0) is 0 Å². The minimum atomic E-state index is 0.0405. The lowest BCUT2D eigenvalue weighted by atomic mass is 10.1. The summed E-state index contributed by atoms with van der Waals surface area (Å²) < 4.78 is 0.997. The third kappa shape index (κ3) is 1.31. The molecule has 2 heteroatoms. The fourth-order valence-electron chi connectivity index (χ4n) is 1.03. The summed E-state index contributed by atoms with van der Waals surface area (Å²) in [6.45, 7) is 3.57. The molecule has 0 fully saturated rings. The molecule has 1 aliphatic heterocycles. The van der Waals surface area contributed by atoms with Gasteiger partial charge in [0.25, 0.3) is 0 Å². The number of nitrogens with zero attached hydrogens (tertiary/aromatic N) is 1. The highest BCUT2D eigenvalue weighted by Crippen LogP contribution is 2.08. The highest BCUT2D eigenvalue weighted by molar-refractivity contribution is 5.52. The van der Waals surface area contributed by atoms with Gasteiger partial charge in [-0.1, -0.05) is 6.58 Å². The monoisotopic (exact) mass is 125 g/mol. The van der Waals surface area contributed by atoms with Crippen molar-refractivity contribution < 1.29 is 4.74 Å². The third-order valence-electron chi connectivity index (χ3n) is 1.61. The van der Waals surface area contributed by atoms with Crippen molar-refractivity contribution in [3.05, 3.63) is 17.9 Å². The van der Waals surface area contributed by atoms with Gasteiger partial charge in [0.15, 0.2) is 12.3 Å². The van der Waals surface area contributed by atoms with E-state index in [0.717, 1.165) is 24.0 Å². The van der Waals surface area contributed by atoms with E-state index in [-0.39, 0.29) is 6.04 Å². The zero-order valence-corrected chi connectivity index (χ0v) is 5.42. The SMILES string of the molecule is C=C[C@H]1CCCC=[N+]1[O-]. The Morgan fingerprint density at radius 3 is 3.00 bits per heavy atom. The quantitative estimate of drug-likeness (QED) is 0.295. The van der Waals surface area contributed by atoms with Gasteiger partial charge in [-0.25, -0.2) is 4.74 Å². The van der Waals surface area contributed by atoms with Crippen LogP contribution in [-0.4, -0.2) is 17.0 Å². The Hall–Kier alpha value is -0.790. The molecule has 0 aliphatic carbocycles. The Kier molecular flexibility index (Phi) is 1.88. The van der Waals surface area contributed by atoms with Crippen LogP contribution in [0.1, 0.15) is 19.3 Å². The first-order chi connectivity index (χ1) is 4.34. The maximum Gasteiger partial charge on any atom is 0.181 e. The van der Waals surface area contributed by atoms with Gasteiger partial charge in [0, 0.05) is 12.8 Å². The van der Waals surface area contributed by atoms with E-state index in [1.807, 2.05) is 0 Å². The van der Waals surface area contributed by atoms with Gasteiger partial charge in [-0.3, -0.25) is 0 Å². The first kappa shape index (κ1) is 6.33. The lowest BCUT2D eigenvalue weighted by Gasteiger charge is -2.16. The maximum atomic E-state index is 10.8. The van der Waals surface area contributed by atoms with Gasteiger partial charge in [-0.15, -0.1) is 0 Å². The fourth-order valence-corrected chi connectivity index (χ4v) is 1.03. The van der Waals surface area contributed by atoms with Crippen LogP contribution >= 0.6 is 0 Å². The van der Waals surface area contributed by atoms with Gasteiger partial charge in [-0.05, 0) is 12.5 Å². The highest BCUT2D eigenvalue weighted by atomic mass is 16.5. The van der Waals surface area contributed by atoms with Crippen molar-refractivity contribution in [2.75, 3.05) is 0 Å². The van der Waals surface area contributed by atoms with Crippen molar-refractivity contribution in [3.8, 4) is 0 Å². The van der Waals surface area contributed by atoms with Gasteiger partial charge in [0.1, 0.15) is 0 Å². The molecule has 50 valence electrons. The fraction of sp³-hybridized carbons (Fsp3) is 0.571. The Balaban J connectivity index is 2.60. The average Bonchev–Trinajstić information content (AvgIpc) is 1.89. The van der Waals surface area contributed by atoms with Crippen molar-refractivity contribution in [2.45, 2.75) is 25.3 Å². The van der Waals surface area contributed by atoms with E-state index >= 15 is 0 Å². The van der Waals surface area contributed by atoms with Crippen molar-refractivity contribution >= 4 is 6.21 Å². The lowest BCUT2D eigenvalue weighted by Crippen LogP contribution is -2.23. The summed E-state index contributed by atoms with van der Waals surface area (Å²) in [4.78, 5) is 0. The van der Waals surface area contributed by atoms with Crippen LogP contribution in [0, 0.1) is 5.21 Å². The molecule has 0 aromatic rings. The van der Waals surface area contributed by atoms with Gasteiger partial charge in [0.2, 0.25) is 0 Å². The maximum absolute atomic E-state index is 10.8. The molecule has 0 aromatic carbocycles. The molecule has 1 rings (SSSR count). The second-order valence-electron chi connectivity index (χ2n) is 2.28. The summed E-state index contributed by atoms with van der Waals surface area (Å²) in [6.07, 6.45) is 6.41. The molecule has 1 atom stereocenters. The first-order valence-corrected chi connectivity index (χ1v) is 3.26. The normalized spacial score (nSPS) is 27.1. The van der Waals surface area contributed by atoms with Crippen molar-refractivity contribution in [3.63, 3.8) is 0 Å². The second-order valence-corrected chi connectivity index (χ2v) is 2.28. The number of hydrogen-bond donors (Lipinski definition) is 0. The molecule has 0 bridgehead atoms. The van der Waals surface area contributed by atoms with Crippen LogP contribution in [0.15, 0.2) is 12.7 Å². The molecule has 0 radical (unpaired) electrons.